The molecule has 0 aliphatic carbocycles. The third-order valence-electron chi connectivity index (χ3n) is 9.18. The first kappa shape index (κ1) is 36.7. The molecule has 0 spiro atoms. The van der Waals surface area contributed by atoms with E-state index in [4.69, 9.17) is 10.5 Å². The van der Waals surface area contributed by atoms with Crippen molar-refractivity contribution in [3.8, 4) is 12.1 Å². The number of anilines is 2. The van der Waals surface area contributed by atoms with Gasteiger partial charge in [-0.15, -0.1) is 0 Å². The van der Waals surface area contributed by atoms with Crippen LogP contribution in [0.15, 0.2) is 103 Å². The largest absolute Gasteiger partial charge is 0.368 e. The third-order valence-corrected chi connectivity index (χ3v) is 9.18. The van der Waals surface area contributed by atoms with E-state index in [9.17, 15) is 19.6 Å². The molecule has 54 heavy (non-hydrogen) atoms. The highest BCUT2D eigenvalue weighted by Gasteiger charge is 2.21. The quantitative estimate of drug-likeness (QED) is 0.147. The molecule has 2 saturated heterocycles. The first-order chi connectivity index (χ1) is 26.3. The average Bonchev–Trinajstić information content (AvgIpc) is 3.24. The van der Waals surface area contributed by atoms with Crippen LogP contribution in [0.5, 0.6) is 0 Å². The zero-order chi connectivity index (χ0) is 37.9. The molecular weight excluding hydrogens is 683 g/mol. The van der Waals surface area contributed by atoms with E-state index in [-0.39, 0.29) is 11.8 Å². The standard InChI is InChI=1S/C41H37N9O4/c42-28-30-7-13-34(14-8-30)47-19-23-49(24-20-47)40(52)17-11-32-3-1-5-37(44-32)36(27-39(51)46-54)38-6-2-4-33(45-38)12-18-41(53)50-25-21-48(22-26-50)35-15-9-31(29-43)10-16-35/h1-18,27,54H,19-26H2,(H,46,51). The van der Waals surface area contributed by atoms with Gasteiger partial charge in [0.25, 0.3) is 5.91 Å². The second-order valence-corrected chi connectivity index (χ2v) is 12.5. The van der Waals surface area contributed by atoms with Gasteiger partial charge in [-0.1, -0.05) is 12.1 Å². The fourth-order valence-electron chi connectivity index (χ4n) is 6.22. The Morgan fingerprint density at radius 2 is 1.02 bits per heavy atom. The lowest BCUT2D eigenvalue weighted by atomic mass is 10.1. The number of rotatable bonds is 9. The van der Waals surface area contributed by atoms with Crippen molar-refractivity contribution in [2.45, 2.75) is 0 Å². The Morgan fingerprint density at radius 3 is 1.39 bits per heavy atom. The van der Waals surface area contributed by atoms with Crippen LogP contribution in [0, 0.1) is 22.7 Å². The lowest BCUT2D eigenvalue weighted by Gasteiger charge is -2.35. The number of nitrogens with zero attached hydrogens (tertiary/aromatic N) is 8. The van der Waals surface area contributed by atoms with Crippen LogP contribution in [0.25, 0.3) is 17.7 Å². The number of amides is 3. The average molecular weight is 720 g/mol. The summed E-state index contributed by atoms with van der Waals surface area (Å²) in [6.45, 7) is 4.80. The second-order valence-electron chi connectivity index (χ2n) is 12.5. The van der Waals surface area contributed by atoms with Gasteiger partial charge >= 0.3 is 0 Å². The second kappa shape index (κ2) is 17.4. The summed E-state index contributed by atoms with van der Waals surface area (Å²) < 4.78 is 0. The summed E-state index contributed by atoms with van der Waals surface area (Å²) >= 11 is 0. The number of aromatic nitrogens is 2. The molecule has 0 unspecified atom stereocenters. The minimum absolute atomic E-state index is 0.152. The van der Waals surface area contributed by atoms with Crippen LogP contribution in [0.2, 0.25) is 0 Å². The van der Waals surface area contributed by atoms with Crippen molar-refractivity contribution >= 4 is 46.8 Å². The number of nitriles is 2. The molecule has 2 fully saturated rings. The normalized spacial score (nSPS) is 14.4. The van der Waals surface area contributed by atoms with Crippen molar-refractivity contribution in [1.29, 1.82) is 10.5 Å². The summed E-state index contributed by atoms with van der Waals surface area (Å²) in [4.78, 5) is 55.7. The number of carbonyl (C=O) groups is 3. The van der Waals surface area contributed by atoms with Crippen molar-refractivity contribution in [2.24, 2.45) is 0 Å². The third kappa shape index (κ3) is 9.22. The Hall–Kier alpha value is -7.09. The van der Waals surface area contributed by atoms with Gasteiger partial charge in [-0.05, 0) is 84.9 Å². The first-order valence-corrected chi connectivity index (χ1v) is 17.4. The molecule has 4 aromatic rings. The number of hydrogen-bond acceptors (Lipinski definition) is 10. The van der Waals surface area contributed by atoms with Gasteiger partial charge in [0.1, 0.15) is 0 Å². The number of hydrogen-bond donors (Lipinski definition) is 2. The number of pyridine rings is 2. The number of piperazine rings is 2. The van der Waals surface area contributed by atoms with Gasteiger partial charge in [-0.2, -0.15) is 10.5 Å². The highest BCUT2D eigenvalue weighted by atomic mass is 16.5. The maximum absolute atomic E-state index is 13.1. The van der Waals surface area contributed by atoms with Crippen LogP contribution in [-0.2, 0) is 14.4 Å². The van der Waals surface area contributed by atoms with Crippen LogP contribution >= 0.6 is 0 Å². The van der Waals surface area contributed by atoms with Gasteiger partial charge in [0.15, 0.2) is 0 Å². The molecule has 2 aromatic carbocycles. The Labute approximate surface area is 313 Å². The highest BCUT2D eigenvalue weighted by Crippen LogP contribution is 2.23. The summed E-state index contributed by atoms with van der Waals surface area (Å²) in [5.74, 6) is -1.08. The van der Waals surface area contributed by atoms with Crippen molar-refractivity contribution < 1.29 is 19.6 Å². The van der Waals surface area contributed by atoms with Gasteiger partial charge in [-0.25, -0.2) is 15.4 Å². The van der Waals surface area contributed by atoms with E-state index in [1.54, 1.807) is 88.1 Å². The fraction of sp³-hybridized carbons (Fsp3) is 0.195. The molecule has 0 radical (unpaired) electrons. The molecule has 0 bridgehead atoms. The summed E-state index contributed by atoms with van der Waals surface area (Å²) in [5.41, 5.74) is 6.89. The van der Waals surface area contributed by atoms with Crippen LogP contribution in [-0.4, -0.2) is 95.1 Å². The van der Waals surface area contributed by atoms with Gasteiger partial charge in [0.05, 0.1) is 46.0 Å². The van der Waals surface area contributed by atoms with Crippen molar-refractivity contribution in [3.63, 3.8) is 0 Å². The Balaban J connectivity index is 1.09. The molecule has 13 nitrogen and oxygen atoms in total. The van der Waals surface area contributed by atoms with E-state index < -0.39 is 5.91 Å². The number of benzene rings is 2. The van der Waals surface area contributed by atoms with E-state index >= 15 is 0 Å². The lowest BCUT2D eigenvalue weighted by Crippen LogP contribution is -2.48. The summed E-state index contributed by atoms with van der Waals surface area (Å²) in [7, 11) is 0. The van der Waals surface area contributed by atoms with E-state index in [0.29, 0.717) is 91.8 Å². The zero-order valence-corrected chi connectivity index (χ0v) is 29.4. The minimum atomic E-state index is -0.777. The van der Waals surface area contributed by atoms with Crippen molar-refractivity contribution in [3.05, 3.63) is 137 Å². The monoisotopic (exact) mass is 719 g/mol. The number of carbonyl (C=O) groups excluding carboxylic acids is 3. The van der Waals surface area contributed by atoms with E-state index in [2.05, 4.69) is 31.9 Å². The molecule has 2 aliphatic heterocycles. The predicted octanol–water partition coefficient (Wildman–Crippen LogP) is 3.88. The Kier molecular flexibility index (Phi) is 11.8. The van der Waals surface area contributed by atoms with Gasteiger partial charge in [0, 0.05) is 87.5 Å². The molecule has 2 N–H and O–H groups in total. The summed E-state index contributed by atoms with van der Waals surface area (Å²) in [6, 6.07) is 29.4. The first-order valence-electron chi connectivity index (χ1n) is 17.4. The van der Waals surface area contributed by atoms with E-state index in [0.717, 1.165) is 11.4 Å². The molecule has 4 heterocycles. The Bertz CT molecular complexity index is 2020. The van der Waals surface area contributed by atoms with Crippen molar-refractivity contribution in [1.82, 2.24) is 25.2 Å². The summed E-state index contributed by atoms with van der Waals surface area (Å²) in [6.07, 6.45) is 7.36. The van der Waals surface area contributed by atoms with Crippen LogP contribution in [0.4, 0.5) is 11.4 Å². The maximum Gasteiger partial charge on any atom is 0.268 e. The van der Waals surface area contributed by atoms with E-state index in [1.165, 1.54) is 18.2 Å². The molecule has 0 saturated carbocycles. The topological polar surface area (TPSA) is 170 Å². The number of nitrogens with one attached hydrogen (secondary N) is 1. The molecule has 2 aliphatic rings. The highest BCUT2D eigenvalue weighted by molar-refractivity contribution is 5.98. The molecule has 270 valence electrons. The maximum atomic E-state index is 13.1. The predicted molar refractivity (Wildman–Crippen MR) is 203 cm³/mol. The lowest BCUT2D eigenvalue weighted by molar-refractivity contribution is -0.127. The molecule has 3 amide bonds. The smallest absolute Gasteiger partial charge is 0.268 e. The Morgan fingerprint density at radius 1 is 0.611 bits per heavy atom. The zero-order valence-electron chi connectivity index (χ0n) is 29.4. The molecule has 13 heteroatoms. The van der Waals surface area contributed by atoms with Crippen LogP contribution in [0.3, 0.4) is 0 Å². The van der Waals surface area contributed by atoms with Gasteiger partial charge in [0.2, 0.25) is 11.8 Å². The molecular formula is C41H37N9O4. The molecule has 0 atom stereocenters. The van der Waals surface area contributed by atoms with Gasteiger partial charge in [-0.3, -0.25) is 19.6 Å². The molecule has 6 rings (SSSR count). The van der Waals surface area contributed by atoms with Crippen LogP contribution < -0.4 is 15.3 Å². The minimum Gasteiger partial charge on any atom is -0.368 e. The van der Waals surface area contributed by atoms with Crippen LogP contribution in [0.1, 0.15) is 33.9 Å². The summed E-state index contributed by atoms with van der Waals surface area (Å²) in [5, 5.41) is 27.4. The number of hydroxylamine groups is 1. The van der Waals surface area contributed by atoms with E-state index in [1.807, 2.05) is 24.3 Å². The SMILES string of the molecule is N#Cc1ccc(N2CCN(C(=O)C=Cc3cccc(C(=CC(=O)NO)c4cccc(C=CC(=O)N5CCN(c6ccc(C#N)cc6)CC5)n4)n3)CC2)cc1. The fourth-order valence-corrected chi connectivity index (χ4v) is 6.22. The van der Waals surface area contributed by atoms with Crippen molar-refractivity contribution in [2.75, 3.05) is 62.2 Å². The van der Waals surface area contributed by atoms with Gasteiger partial charge < -0.3 is 19.6 Å². The molecule has 2 aromatic heterocycles.